The number of hydrogen-bond donors (Lipinski definition) is 3. The van der Waals surface area contributed by atoms with Crippen molar-refractivity contribution in [3.05, 3.63) is 84.1 Å². The highest BCUT2D eigenvalue weighted by molar-refractivity contribution is 7.08. The van der Waals surface area contributed by atoms with Gasteiger partial charge in [-0.05, 0) is 59.2 Å². The van der Waals surface area contributed by atoms with E-state index in [-0.39, 0.29) is 5.41 Å². The van der Waals surface area contributed by atoms with Crippen LogP contribution in [0.1, 0.15) is 27.2 Å². The lowest BCUT2D eigenvalue weighted by atomic mass is 9.91. The van der Waals surface area contributed by atoms with Gasteiger partial charge in [0.1, 0.15) is 5.69 Å². The Morgan fingerprint density at radius 2 is 1.81 bits per heavy atom. The summed E-state index contributed by atoms with van der Waals surface area (Å²) in [5.41, 5.74) is 10.1. The highest BCUT2D eigenvalue weighted by atomic mass is 32.1. The smallest absolute Gasteiger partial charge is 0.116 e. The average Bonchev–Trinajstić information content (AvgIpc) is 3.61. The van der Waals surface area contributed by atoms with Gasteiger partial charge in [0, 0.05) is 50.9 Å². The minimum Gasteiger partial charge on any atom is -0.358 e. The molecule has 1 aromatic carbocycles. The van der Waals surface area contributed by atoms with Crippen LogP contribution in [0.25, 0.3) is 55.6 Å². The third-order valence-corrected chi connectivity index (χ3v) is 6.98. The van der Waals surface area contributed by atoms with E-state index in [0.717, 1.165) is 73.4 Å². The molecule has 37 heavy (non-hydrogen) atoms. The Morgan fingerprint density at radius 1 is 0.946 bits per heavy atom. The number of fused-ring (bicyclic) bond motifs is 2. The zero-order valence-electron chi connectivity index (χ0n) is 21.1. The van der Waals surface area contributed by atoms with Crippen LogP contribution in [0.4, 0.5) is 5.69 Å². The van der Waals surface area contributed by atoms with E-state index >= 15 is 0 Å². The van der Waals surface area contributed by atoms with Gasteiger partial charge in [-0.3, -0.25) is 15.1 Å². The molecule has 0 bridgehead atoms. The third-order valence-electron chi connectivity index (χ3n) is 6.30. The van der Waals surface area contributed by atoms with E-state index in [1.807, 2.05) is 24.7 Å². The largest absolute Gasteiger partial charge is 0.358 e. The number of H-pyrrole nitrogens is 2. The van der Waals surface area contributed by atoms with Gasteiger partial charge in [0.25, 0.3) is 0 Å². The zero-order chi connectivity index (χ0) is 25.6. The molecule has 184 valence electrons. The van der Waals surface area contributed by atoms with Crippen molar-refractivity contribution >= 4 is 38.8 Å². The number of anilines is 1. The standard InChI is InChI=1S/C30H28N6S/c1-18(14-30(2,3)4)33-22-11-21(15-31-16-22)19-5-6-26-23(12-19)29(36-35-26)27-13-24-25(34-27)7-9-32-28(24)20-8-10-37-17-20/h5-13,15-17,33-34H,1,14H2,2-4H3,(H,35,36). The molecule has 0 fully saturated rings. The van der Waals surface area contributed by atoms with Crippen molar-refractivity contribution in [2.75, 3.05) is 5.32 Å². The molecule has 7 heteroatoms. The van der Waals surface area contributed by atoms with Gasteiger partial charge in [0.15, 0.2) is 0 Å². The molecular weight excluding hydrogens is 476 g/mol. The summed E-state index contributed by atoms with van der Waals surface area (Å²) in [5, 5.41) is 17.6. The number of nitrogens with zero attached hydrogens (tertiary/aromatic N) is 3. The van der Waals surface area contributed by atoms with Crippen LogP contribution < -0.4 is 5.32 Å². The summed E-state index contributed by atoms with van der Waals surface area (Å²) in [5.74, 6) is 0. The van der Waals surface area contributed by atoms with Gasteiger partial charge in [0.05, 0.1) is 28.8 Å². The topological polar surface area (TPSA) is 82.3 Å². The monoisotopic (exact) mass is 504 g/mol. The van der Waals surface area contributed by atoms with E-state index < -0.39 is 0 Å². The molecule has 5 heterocycles. The number of pyridine rings is 2. The fourth-order valence-corrected chi connectivity index (χ4v) is 5.40. The van der Waals surface area contributed by atoms with Gasteiger partial charge in [-0.1, -0.05) is 33.4 Å². The summed E-state index contributed by atoms with van der Waals surface area (Å²) in [4.78, 5) is 12.7. The minimum atomic E-state index is 0.168. The van der Waals surface area contributed by atoms with Crippen LogP contribution in [-0.4, -0.2) is 25.1 Å². The maximum absolute atomic E-state index is 4.66. The predicted octanol–water partition coefficient (Wildman–Crippen LogP) is 8.26. The lowest BCUT2D eigenvalue weighted by molar-refractivity contribution is 0.411. The number of aromatic amines is 2. The molecule has 0 unspecified atom stereocenters. The molecule has 0 aliphatic rings. The molecule has 3 N–H and O–H groups in total. The van der Waals surface area contributed by atoms with Crippen molar-refractivity contribution in [1.29, 1.82) is 0 Å². The van der Waals surface area contributed by atoms with Crippen molar-refractivity contribution in [3.63, 3.8) is 0 Å². The van der Waals surface area contributed by atoms with Crippen molar-refractivity contribution in [2.45, 2.75) is 27.2 Å². The molecule has 0 aliphatic carbocycles. The maximum Gasteiger partial charge on any atom is 0.116 e. The Kier molecular flexibility index (Phi) is 5.65. The third kappa shape index (κ3) is 4.66. The normalized spacial score (nSPS) is 11.9. The Labute approximate surface area is 219 Å². The van der Waals surface area contributed by atoms with Crippen LogP contribution in [0.2, 0.25) is 0 Å². The number of allylic oxidation sites excluding steroid dienone is 1. The minimum absolute atomic E-state index is 0.168. The first-order valence-electron chi connectivity index (χ1n) is 12.2. The van der Waals surface area contributed by atoms with E-state index in [1.165, 1.54) is 0 Å². The molecule has 5 aromatic heterocycles. The molecule has 6 rings (SSSR count). The number of thiophene rings is 1. The fourth-order valence-electron chi connectivity index (χ4n) is 4.76. The molecule has 6 nitrogen and oxygen atoms in total. The number of rotatable bonds is 6. The molecular formula is C30H28N6S. The highest BCUT2D eigenvalue weighted by Gasteiger charge is 2.16. The summed E-state index contributed by atoms with van der Waals surface area (Å²) in [6.45, 7) is 10.8. The molecule has 0 amide bonds. The van der Waals surface area contributed by atoms with E-state index in [1.54, 1.807) is 11.3 Å². The van der Waals surface area contributed by atoms with Gasteiger partial charge >= 0.3 is 0 Å². The van der Waals surface area contributed by atoms with Gasteiger partial charge in [-0.25, -0.2) is 0 Å². The van der Waals surface area contributed by atoms with Gasteiger partial charge in [-0.2, -0.15) is 16.4 Å². The van der Waals surface area contributed by atoms with E-state index in [2.05, 4.69) is 105 Å². The second kappa shape index (κ2) is 9.01. The number of benzene rings is 1. The molecule has 0 spiro atoms. The SMILES string of the molecule is C=C(CC(C)(C)C)Nc1cncc(-c2ccc3[nH]nc(-c4cc5c(-c6ccsc6)nccc5[nH]4)c3c2)c1. The molecule has 0 radical (unpaired) electrons. The Balaban J connectivity index is 1.36. The van der Waals surface area contributed by atoms with Crippen molar-refractivity contribution in [3.8, 4) is 33.8 Å². The average molecular weight is 505 g/mol. The maximum atomic E-state index is 4.66. The van der Waals surface area contributed by atoms with Crippen LogP contribution in [0.5, 0.6) is 0 Å². The number of hydrogen-bond acceptors (Lipinski definition) is 5. The quantitative estimate of drug-likeness (QED) is 0.213. The summed E-state index contributed by atoms with van der Waals surface area (Å²) >= 11 is 1.67. The molecule has 6 aromatic rings. The van der Waals surface area contributed by atoms with Gasteiger partial charge in [0.2, 0.25) is 0 Å². The lowest BCUT2D eigenvalue weighted by Crippen LogP contribution is -2.10. The van der Waals surface area contributed by atoms with Crippen LogP contribution in [0, 0.1) is 5.41 Å². The van der Waals surface area contributed by atoms with Crippen molar-refractivity contribution in [1.82, 2.24) is 25.1 Å². The Morgan fingerprint density at radius 3 is 2.62 bits per heavy atom. The molecule has 0 saturated carbocycles. The first-order valence-corrected chi connectivity index (χ1v) is 13.2. The summed E-state index contributed by atoms with van der Waals surface area (Å²) in [6, 6.07) is 14.7. The van der Waals surface area contributed by atoms with Crippen LogP contribution in [-0.2, 0) is 0 Å². The first kappa shape index (κ1) is 23.2. The van der Waals surface area contributed by atoms with Crippen LogP contribution >= 0.6 is 11.3 Å². The number of nitrogens with one attached hydrogen (secondary N) is 3. The Bertz CT molecular complexity index is 1730. The number of aromatic nitrogens is 5. The zero-order valence-corrected chi connectivity index (χ0v) is 21.9. The van der Waals surface area contributed by atoms with Crippen LogP contribution in [0.3, 0.4) is 0 Å². The van der Waals surface area contributed by atoms with Crippen molar-refractivity contribution < 1.29 is 0 Å². The highest BCUT2D eigenvalue weighted by Crippen LogP contribution is 2.35. The molecule has 0 saturated heterocycles. The second-order valence-electron chi connectivity index (χ2n) is 10.6. The first-order chi connectivity index (χ1) is 17.8. The Hall–Kier alpha value is -4.23. The van der Waals surface area contributed by atoms with Gasteiger partial charge in [-0.15, -0.1) is 0 Å². The summed E-state index contributed by atoms with van der Waals surface area (Å²) in [7, 11) is 0. The summed E-state index contributed by atoms with van der Waals surface area (Å²) < 4.78 is 0. The predicted molar refractivity (Wildman–Crippen MR) is 155 cm³/mol. The molecule has 0 atom stereocenters. The van der Waals surface area contributed by atoms with E-state index in [0.29, 0.717) is 0 Å². The van der Waals surface area contributed by atoms with Gasteiger partial charge < -0.3 is 10.3 Å². The van der Waals surface area contributed by atoms with E-state index in [9.17, 15) is 0 Å². The lowest BCUT2D eigenvalue weighted by Gasteiger charge is -2.20. The van der Waals surface area contributed by atoms with Crippen LogP contribution in [0.15, 0.2) is 84.1 Å². The molecule has 0 aliphatic heterocycles. The van der Waals surface area contributed by atoms with E-state index in [4.69, 9.17) is 0 Å². The summed E-state index contributed by atoms with van der Waals surface area (Å²) in [6.07, 6.45) is 6.46. The fraction of sp³-hybridized carbons (Fsp3) is 0.167. The van der Waals surface area contributed by atoms with Crippen molar-refractivity contribution in [2.24, 2.45) is 5.41 Å². The second-order valence-corrected chi connectivity index (χ2v) is 11.4.